The van der Waals surface area contributed by atoms with Gasteiger partial charge in [-0.15, -0.1) is 0 Å². The second kappa shape index (κ2) is 7.22. The minimum absolute atomic E-state index is 0.129. The van der Waals surface area contributed by atoms with E-state index < -0.39 is 12.1 Å². The van der Waals surface area contributed by atoms with Crippen LogP contribution in [0.15, 0.2) is 18.2 Å². The first kappa shape index (κ1) is 15.5. The minimum Gasteiger partial charge on any atom is -0.467 e. The molecule has 0 heterocycles. The van der Waals surface area contributed by atoms with Crippen LogP contribution in [0.1, 0.15) is 29.5 Å². The number of carbonyl (C=O) groups excluding carboxylic acids is 2. The molecule has 1 unspecified atom stereocenters. The molecule has 1 amide bonds. The summed E-state index contributed by atoms with van der Waals surface area (Å²) in [5.41, 5.74) is 3.67. The van der Waals surface area contributed by atoms with Crippen LogP contribution < -0.4 is 5.32 Å². The monoisotopic (exact) mass is 291 g/mol. The Bertz CT molecular complexity index is 527. The van der Waals surface area contributed by atoms with Gasteiger partial charge in [0.2, 0.25) is 5.91 Å². The number of benzene rings is 1. The van der Waals surface area contributed by atoms with Gasteiger partial charge in [-0.1, -0.05) is 18.2 Å². The lowest BCUT2D eigenvalue weighted by Crippen LogP contribution is -2.37. The van der Waals surface area contributed by atoms with E-state index in [1.165, 1.54) is 31.1 Å². The number of nitrogens with one attached hydrogen (secondary N) is 1. The molecule has 21 heavy (non-hydrogen) atoms. The van der Waals surface area contributed by atoms with Gasteiger partial charge in [-0.25, -0.2) is 4.79 Å². The number of methoxy groups -OCH3 is 1. The molecule has 5 nitrogen and oxygen atoms in total. The SMILES string of the molecule is COC(=O)C(O)CNC(=O)Cc1ccc2c(c1)CCCC2. The molecule has 0 spiro atoms. The summed E-state index contributed by atoms with van der Waals surface area (Å²) in [5, 5.41) is 11.9. The van der Waals surface area contributed by atoms with Gasteiger partial charge in [0, 0.05) is 0 Å². The van der Waals surface area contributed by atoms with Crippen LogP contribution in [0.3, 0.4) is 0 Å². The minimum atomic E-state index is -1.32. The summed E-state index contributed by atoms with van der Waals surface area (Å²) in [5.74, 6) is -0.960. The van der Waals surface area contributed by atoms with Gasteiger partial charge in [0.15, 0.2) is 6.10 Å². The highest BCUT2D eigenvalue weighted by Gasteiger charge is 2.16. The van der Waals surface area contributed by atoms with Crippen LogP contribution in [0.2, 0.25) is 0 Å². The number of aliphatic hydroxyl groups excluding tert-OH is 1. The summed E-state index contributed by atoms with van der Waals surface area (Å²) < 4.78 is 4.38. The van der Waals surface area contributed by atoms with E-state index in [-0.39, 0.29) is 18.9 Å². The van der Waals surface area contributed by atoms with Crippen LogP contribution in [0.5, 0.6) is 0 Å². The third-order valence-electron chi connectivity index (χ3n) is 3.74. The van der Waals surface area contributed by atoms with E-state index >= 15 is 0 Å². The third kappa shape index (κ3) is 4.29. The Morgan fingerprint density at radius 1 is 1.29 bits per heavy atom. The Balaban J connectivity index is 1.86. The van der Waals surface area contributed by atoms with Gasteiger partial charge in [-0.3, -0.25) is 4.79 Å². The average Bonchev–Trinajstić information content (AvgIpc) is 2.51. The zero-order valence-corrected chi connectivity index (χ0v) is 12.2. The van der Waals surface area contributed by atoms with Crippen molar-refractivity contribution in [2.24, 2.45) is 0 Å². The summed E-state index contributed by atoms with van der Waals surface area (Å²) in [6.07, 6.45) is 3.56. The van der Waals surface area contributed by atoms with Crippen molar-refractivity contribution in [3.8, 4) is 0 Å². The molecule has 0 aromatic heterocycles. The Kier molecular flexibility index (Phi) is 5.33. The molecule has 0 saturated heterocycles. The van der Waals surface area contributed by atoms with Crippen molar-refractivity contribution >= 4 is 11.9 Å². The van der Waals surface area contributed by atoms with Crippen LogP contribution in [0.25, 0.3) is 0 Å². The van der Waals surface area contributed by atoms with Crippen LogP contribution >= 0.6 is 0 Å². The Labute approximate surface area is 124 Å². The number of aryl methyl sites for hydroxylation is 2. The largest absolute Gasteiger partial charge is 0.467 e. The van der Waals surface area contributed by atoms with Gasteiger partial charge in [0.05, 0.1) is 20.1 Å². The highest BCUT2D eigenvalue weighted by Crippen LogP contribution is 2.22. The molecule has 1 aromatic rings. The summed E-state index contributed by atoms with van der Waals surface area (Å²) in [6.45, 7) is -0.129. The van der Waals surface area contributed by atoms with E-state index in [2.05, 4.69) is 22.2 Å². The van der Waals surface area contributed by atoms with E-state index in [4.69, 9.17) is 0 Å². The molecule has 1 atom stereocenters. The highest BCUT2D eigenvalue weighted by atomic mass is 16.5. The van der Waals surface area contributed by atoms with Crippen LogP contribution in [-0.2, 0) is 33.6 Å². The molecule has 1 aliphatic rings. The molecule has 0 bridgehead atoms. The highest BCUT2D eigenvalue weighted by molar-refractivity contribution is 5.80. The molecule has 0 aliphatic heterocycles. The third-order valence-corrected chi connectivity index (χ3v) is 3.74. The first-order valence-corrected chi connectivity index (χ1v) is 7.23. The zero-order chi connectivity index (χ0) is 15.2. The zero-order valence-electron chi connectivity index (χ0n) is 12.2. The van der Waals surface area contributed by atoms with E-state index in [1.807, 2.05) is 6.07 Å². The van der Waals surface area contributed by atoms with Crippen molar-refractivity contribution in [1.29, 1.82) is 0 Å². The standard InChI is InChI=1S/C16H21NO4/c1-21-16(20)14(18)10-17-15(19)9-11-6-7-12-4-2-3-5-13(12)8-11/h6-8,14,18H,2-5,9-10H2,1H3,(H,17,19). The summed E-state index contributed by atoms with van der Waals surface area (Å²) >= 11 is 0. The van der Waals surface area contributed by atoms with Crippen molar-refractivity contribution < 1.29 is 19.4 Å². The van der Waals surface area contributed by atoms with E-state index in [1.54, 1.807) is 0 Å². The lowest BCUT2D eigenvalue weighted by molar-refractivity contribution is -0.150. The number of aliphatic hydroxyl groups is 1. The van der Waals surface area contributed by atoms with Crippen molar-refractivity contribution in [2.45, 2.75) is 38.2 Å². The van der Waals surface area contributed by atoms with Gasteiger partial charge < -0.3 is 15.2 Å². The summed E-state index contributed by atoms with van der Waals surface area (Å²) in [6, 6.07) is 6.16. The second-order valence-electron chi connectivity index (χ2n) is 5.33. The maximum atomic E-state index is 11.8. The first-order chi connectivity index (χ1) is 10.1. The maximum absolute atomic E-state index is 11.8. The fourth-order valence-electron chi connectivity index (χ4n) is 2.57. The normalized spacial score (nSPS) is 15.0. The van der Waals surface area contributed by atoms with Gasteiger partial charge in [-0.05, 0) is 42.4 Å². The van der Waals surface area contributed by atoms with Crippen molar-refractivity contribution in [3.05, 3.63) is 34.9 Å². The molecular formula is C16H21NO4. The first-order valence-electron chi connectivity index (χ1n) is 7.23. The maximum Gasteiger partial charge on any atom is 0.336 e. The van der Waals surface area contributed by atoms with Crippen LogP contribution in [0, 0.1) is 0 Å². The van der Waals surface area contributed by atoms with E-state index in [0.29, 0.717) is 0 Å². The number of esters is 1. The molecule has 2 N–H and O–H groups in total. The topological polar surface area (TPSA) is 75.6 Å². The smallest absolute Gasteiger partial charge is 0.336 e. The number of hydrogen-bond donors (Lipinski definition) is 2. The van der Waals surface area contributed by atoms with Crippen molar-refractivity contribution in [2.75, 3.05) is 13.7 Å². The molecular weight excluding hydrogens is 270 g/mol. The van der Waals surface area contributed by atoms with E-state index in [0.717, 1.165) is 18.4 Å². The lowest BCUT2D eigenvalue weighted by Gasteiger charge is -2.16. The van der Waals surface area contributed by atoms with Gasteiger partial charge in [-0.2, -0.15) is 0 Å². The molecule has 114 valence electrons. The van der Waals surface area contributed by atoms with Gasteiger partial charge in [0.1, 0.15) is 0 Å². The van der Waals surface area contributed by atoms with Gasteiger partial charge >= 0.3 is 5.97 Å². The van der Waals surface area contributed by atoms with E-state index in [9.17, 15) is 14.7 Å². The quantitative estimate of drug-likeness (QED) is 0.785. The molecule has 1 aromatic carbocycles. The molecule has 1 aliphatic carbocycles. The predicted octanol–water partition coefficient (Wildman–Crippen LogP) is 0.758. The predicted molar refractivity (Wildman–Crippen MR) is 77.8 cm³/mol. The number of amides is 1. The van der Waals surface area contributed by atoms with Crippen LogP contribution in [-0.4, -0.2) is 36.7 Å². The Morgan fingerprint density at radius 3 is 2.71 bits per heavy atom. The fraction of sp³-hybridized carbons (Fsp3) is 0.500. The molecule has 0 saturated carbocycles. The molecule has 5 heteroatoms. The molecule has 2 rings (SSSR count). The molecule has 0 radical (unpaired) electrons. The summed E-state index contributed by atoms with van der Waals surface area (Å²) in [7, 11) is 1.19. The van der Waals surface area contributed by atoms with Gasteiger partial charge in [0.25, 0.3) is 0 Å². The number of ether oxygens (including phenoxy) is 1. The summed E-state index contributed by atoms with van der Waals surface area (Å²) in [4.78, 5) is 22.8. The number of fused-ring (bicyclic) bond motifs is 1. The Hall–Kier alpha value is -1.88. The lowest BCUT2D eigenvalue weighted by atomic mass is 9.90. The van der Waals surface area contributed by atoms with Crippen molar-refractivity contribution in [1.82, 2.24) is 5.32 Å². The van der Waals surface area contributed by atoms with Crippen LogP contribution in [0.4, 0.5) is 0 Å². The average molecular weight is 291 g/mol. The van der Waals surface area contributed by atoms with Crippen molar-refractivity contribution in [3.63, 3.8) is 0 Å². The molecule has 0 fully saturated rings. The fourth-order valence-corrected chi connectivity index (χ4v) is 2.57. The second-order valence-corrected chi connectivity index (χ2v) is 5.33. The number of hydrogen-bond acceptors (Lipinski definition) is 4. The number of rotatable bonds is 5. The number of carbonyl (C=O) groups is 2. The Morgan fingerprint density at radius 2 is 2.00 bits per heavy atom.